The molecule has 6 heteroatoms. The normalized spacial score (nSPS) is 21.4. The van der Waals surface area contributed by atoms with E-state index in [4.69, 9.17) is 14.2 Å². The van der Waals surface area contributed by atoms with Gasteiger partial charge in [-0.15, -0.1) is 0 Å². The van der Waals surface area contributed by atoms with E-state index in [-0.39, 0.29) is 45.7 Å². The monoisotopic (exact) mass is 743 g/mol. The lowest BCUT2D eigenvalue weighted by atomic mass is 9.70. The lowest BCUT2D eigenvalue weighted by molar-refractivity contribution is -0.167. The summed E-state index contributed by atoms with van der Waals surface area (Å²) in [5.41, 5.74) is 1.89. The average molecular weight is 743 g/mol. The first-order chi connectivity index (χ1) is 24.3. The summed E-state index contributed by atoms with van der Waals surface area (Å²) in [6.07, 6.45) is 10.9. The van der Waals surface area contributed by atoms with Crippen LogP contribution in [0.2, 0.25) is 0 Å². The number of unbranched alkanes of at least 4 members (excludes halogenated alkanes) is 1. The molecule has 4 atom stereocenters. The highest BCUT2D eigenvalue weighted by molar-refractivity contribution is 5.76. The Morgan fingerprint density at radius 1 is 0.736 bits per heavy atom. The first-order valence-corrected chi connectivity index (χ1v) is 20.9. The second-order valence-corrected chi connectivity index (χ2v) is 19.8. The first kappa shape index (κ1) is 48.6. The Labute approximate surface area is 326 Å². The Morgan fingerprint density at radius 3 is 1.62 bits per heavy atom. The van der Waals surface area contributed by atoms with E-state index in [2.05, 4.69) is 67.5 Å². The number of carbonyl (C=O) groups excluding carboxylic acids is 3. The lowest BCUT2D eigenvalue weighted by Crippen LogP contribution is -2.40. The highest BCUT2D eigenvalue weighted by atomic mass is 16.5. The molecule has 0 aliphatic heterocycles. The molecular formula is C47H82O6. The third kappa shape index (κ3) is 13.4. The summed E-state index contributed by atoms with van der Waals surface area (Å²) >= 11 is 0. The summed E-state index contributed by atoms with van der Waals surface area (Å²) in [6, 6.07) is 8.28. The van der Waals surface area contributed by atoms with Crippen molar-refractivity contribution in [1.29, 1.82) is 0 Å². The van der Waals surface area contributed by atoms with Crippen LogP contribution in [0.15, 0.2) is 24.3 Å². The van der Waals surface area contributed by atoms with Crippen LogP contribution in [-0.4, -0.2) is 30.6 Å². The second-order valence-electron chi connectivity index (χ2n) is 19.8. The molecule has 1 aromatic rings. The fourth-order valence-corrected chi connectivity index (χ4v) is 6.76. The predicted molar refractivity (Wildman–Crippen MR) is 221 cm³/mol. The molecular weight excluding hydrogens is 661 g/mol. The van der Waals surface area contributed by atoms with E-state index in [0.717, 1.165) is 43.6 Å². The molecule has 306 valence electrons. The molecule has 0 amide bonds. The summed E-state index contributed by atoms with van der Waals surface area (Å²) in [5.74, 6) is 1.07. The summed E-state index contributed by atoms with van der Waals surface area (Å²) < 4.78 is 16.7. The average Bonchev–Trinajstić information content (AvgIpc) is 3.44. The van der Waals surface area contributed by atoms with Gasteiger partial charge in [-0.05, 0) is 120 Å². The molecule has 2 aliphatic carbocycles. The van der Waals surface area contributed by atoms with Crippen LogP contribution in [0.5, 0.6) is 0 Å². The minimum Gasteiger partial charge on any atom is -0.465 e. The molecule has 0 spiro atoms. The summed E-state index contributed by atoms with van der Waals surface area (Å²) in [5, 5.41) is 0. The fraction of sp³-hybridized carbons (Fsp3) is 0.809. The largest absolute Gasteiger partial charge is 0.465 e. The maximum Gasteiger partial charge on any atom is 0.311 e. The van der Waals surface area contributed by atoms with E-state index in [0.29, 0.717) is 24.5 Å². The van der Waals surface area contributed by atoms with Crippen LogP contribution in [0, 0.1) is 38.9 Å². The van der Waals surface area contributed by atoms with Gasteiger partial charge in [0.25, 0.3) is 0 Å². The molecule has 1 aromatic carbocycles. The maximum atomic E-state index is 12.3. The molecule has 2 saturated carbocycles. The van der Waals surface area contributed by atoms with Gasteiger partial charge < -0.3 is 14.2 Å². The van der Waals surface area contributed by atoms with Crippen molar-refractivity contribution < 1.29 is 28.6 Å². The van der Waals surface area contributed by atoms with Crippen molar-refractivity contribution in [2.75, 3.05) is 6.61 Å². The molecule has 2 aliphatic rings. The summed E-state index contributed by atoms with van der Waals surface area (Å²) in [6.45, 7) is 36.6. The molecule has 0 aromatic heterocycles. The molecule has 2 bridgehead atoms. The van der Waals surface area contributed by atoms with Crippen molar-refractivity contribution in [2.45, 2.75) is 200 Å². The van der Waals surface area contributed by atoms with Gasteiger partial charge in [-0.25, -0.2) is 0 Å². The van der Waals surface area contributed by atoms with Crippen molar-refractivity contribution in [1.82, 2.24) is 0 Å². The van der Waals surface area contributed by atoms with Gasteiger partial charge in [0.05, 0.1) is 22.9 Å². The number of hydrogen-bond donors (Lipinski definition) is 0. The third-order valence-electron chi connectivity index (χ3n) is 13.5. The van der Waals surface area contributed by atoms with Crippen LogP contribution >= 0.6 is 0 Å². The first-order valence-electron chi connectivity index (χ1n) is 20.9. The lowest BCUT2D eigenvalue weighted by Gasteiger charge is -2.39. The topological polar surface area (TPSA) is 78.9 Å². The highest BCUT2D eigenvalue weighted by Crippen LogP contribution is 2.66. The minimum absolute atomic E-state index is 0.0143. The SMILES string of the molecule is CCC(C)(C)C(=O)OC1CC2CCC1(C)C2(C)C.CCC(C)(C)C(=O)OCc1ccc(C(C)(C)C)cc1.CCCCC(CC)COC(=O)C(C)(C)CC. The zero-order chi connectivity index (χ0) is 41.1. The van der Waals surface area contributed by atoms with Crippen molar-refractivity contribution in [3.05, 3.63) is 35.4 Å². The van der Waals surface area contributed by atoms with E-state index < -0.39 is 5.41 Å². The predicted octanol–water partition coefficient (Wildman–Crippen LogP) is 12.8. The standard InChI is InChI=1S/C17H26O2.C16H28O2.C14H28O2/c1-7-17(5,6)15(18)19-12-13-8-10-14(11-9-13)16(2,3)4;1-7-14(2,3)13(17)18-12-10-11-8-9-16(12,6)15(11,4)5;1-6-9-10-12(7-2)11-16-13(15)14(4,5)8-3/h8-11H,7,12H2,1-6H3;11-12H,7-10H2,1-6H3;12H,6-11H2,1-5H3. The number of esters is 3. The van der Waals surface area contributed by atoms with Gasteiger partial charge in [-0.2, -0.15) is 0 Å². The van der Waals surface area contributed by atoms with Crippen molar-refractivity contribution in [3.63, 3.8) is 0 Å². The minimum atomic E-state index is -0.397. The van der Waals surface area contributed by atoms with Crippen LogP contribution in [0.1, 0.15) is 193 Å². The Hall–Kier alpha value is -2.37. The molecule has 0 N–H and O–H groups in total. The van der Waals surface area contributed by atoms with E-state index >= 15 is 0 Å². The number of hydrogen-bond acceptors (Lipinski definition) is 6. The molecule has 53 heavy (non-hydrogen) atoms. The van der Waals surface area contributed by atoms with Gasteiger partial charge >= 0.3 is 17.9 Å². The fourth-order valence-electron chi connectivity index (χ4n) is 6.76. The van der Waals surface area contributed by atoms with E-state index in [1.165, 1.54) is 37.7 Å². The van der Waals surface area contributed by atoms with Crippen LogP contribution < -0.4 is 0 Å². The van der Waals surface area contributed by atoms with Gasteiger partial charge in [0.1, 0.15) is 12.7 Å². The van der Waals surface area contributed by atoms with Gasteiger partial charge in [0.15, 0.2) is 0 Å². The molecule has 0 heterocycles. The Bertz CT molecular complexity index is 1280. The number of carbonyl (C=O) groups is 3. The number of fused-ring (bicyclic) bond motifs is 2. The van der Waals surface area contributed by atoms with Crippen molar-refractivity contribution in [3.8, 4) is 0 Å². The van der Waals surface area contributed by atoms with E-state index in [1.807, 2.05) is 74.4 Å². The van der Waals surface area contributed by atoms with Crippen LogP contribution in [0.25, 0.3) is 0 Å². The maximum absolute atomic E-state index is 12.3. The Kier molecular flexibility index (Phi) is 18.3. The summed E-state index contributed by atoms with van der Waals surface area (Å²) in [4.78, 5) is 35.9. The van der Waals surface area contributed by atoms with Crippen molar-refractivity contribution >= 4 is 17.9 Å². The van der Waals surface area contributed by atoms with Gasteiger partial charge in [-0.3, -0.25) is 14.4 Å². The van der Waals surface area contributed by atoms with Gasteiger partial charge in [-0.1, -0.05) is 120 Å². The number of benzene rings is 1. The Morgan fingerprint density at radius 2 is 1.23 bits per heavy atom. The van der Waals surface area contributed by atoms with Gasteiger partial charge in [0.2, 0.25) is 0 Å². The van der Waals surface area contributed by atoms with E-state index in [1.54, 1.807) is 0 Å². The highest BCUT2D eigenvalue weighted by Gasteiger charge is 2.63. The van der Waals surface area contributed by atoms with Gasteiger partial charge in [0, 0.05) is 5.41 Å². The Balaban J connectivity index is 0.000000399. The second kappa shape index (κ2) is 20.0. The molecule has 4 unspecified atom stereocenters. The molecule has 6 nitrogen and oxygen atoms in total. The van der Waals surface area contributed by atoms with E-state index in [9.17, 15) is 14.4 Å². The molecule has 2 fully saturated rings. The number of rotatable bonds is 15. The van der Waals surface area contributed by atoms with Crippen LogP contribution in [0.3, 0.4) is 0 Å². The number of ether oxygens (including phenoxy) is 3. The summed E-state index contributed by atoms with van der Waals surface area (Å²) in [7, 11) is 0. The van der Waals surface area contributed by atoms with Crippen LogP contribution in [-0.2, 0) is 40.6 Å². The quantitative estimate of drug-likeness (QED) is 0.131. The molecule has 3 rings (SSSR count). The molecule has 0 radical (unpaired) electrons. The van der Waals surface area contributed by atoms with Crippen molar-refractivity contribution in [2.24, 2.45) is 38.9 Å². The van der Waals surface area contributed by atoms with Crippen LogP contribution in [0.4, 0.5) is 0 Å². The zero-order valence-electron chi connectivity index (χ0n) is 37.5. The third-order valence-corrected chi connectivity index (χ3v) is 13.5. The smallest absolute Gasteiger partial charge is 0.311 e. The molecule has 0 saturated heterocycles. The zero-order valence-corrected chi connectivity index (χ0v) is 37.5.